The lowest BCUT2D eigenvalue weighted by molar-refractivity contribution is -0.103. The van der Waals surface area contributed by atoms with E-state index in [4.69, 9.17) is 4.74 Å². The molecule has 2 fully saturated rings. The van der Waals surface area contributed by atoms with Crippen LogP contribution in [0.5, 0.6) is 0 Å². The Morgan fingerprint density at radius 3 is 2.73 bits per heavy atom. The number of nitrogens with zero attached hydrogens (tertiary/aromatic N) is 3. The topological polar surface area (TPSA) is 94.3 Å². The molecule has 8 nitrogen and oxygen atoms in total. The van der Waals surface area contributed by atoms with Crippen LogP contribution in [0.2, 0.25) is 0 Å². The molecule has 0 atom stereocenters. The fourth-order valence-corrected chi connectivity index (χ4v) is 4.89. The van der Waals surface area contributed by atoms with Gasteiger partial charge in [0.1, 0.15) is 5.69 Å². The van der Waals surface area contributed by atoms with Crippen LogP contribution in [0.4, 0.5) is 0 Å². The molecule has 2 N–H and O–H groups in total. The molecular weight excluding hydrogens is 382 g/mol. The van der Waals surface area contributed by atoms with E-state index in [9.17, 15) is 9.59 Å². The monoisotopic (exact) mass is 405 g/mol. The second-order valence-corrected chi connectivity index (χ2v) is 8.75. The zero-order chi connectivity index (χ0) is 20.3. The van der Waals surface area contributed by atoms with Crippen LogP contribution in [0.1, 0.15) is 38.7 Å². The van der Waals surface area contributed by atoms with E-state index in [-0.39, 0.29) is 17.2 Å². The molecule has 2 aromatic heterocycles. The van der Waals surface area contributed by atoms with Crippen molar-refractivity contribution in [1.29, 1.82) is 0 Å². The molecule has 5 heterocycles. The van der Waals surface area contributed by atoms with Gasteiger partial charge in [-0.1, -0.05) is 18.2 Å². The van der Waals surface area contributed by atoms with Gasteiger partial charge >= 0.3 is 0 Å². The van der Waals surface area contributed by atoms with Gasteiger partial charge in [0.15, 0.2) is 5.69 Å². The van der Waals surface area contributed by atoms with E-state index < -0.39 is 0 Å². The summed E-state index contributed by atoms with van der Waals surface area (Å²) in [6.07, 6.45) is 1.65. The first kappa shape index (κ1) is 17.7. The maximum Gasteiger partial charge on any atom is 0.274 e. The molecular formula is C22H23N5O3. The Labute approximate surface area is 173 Å². The standard InChI is InChI=1S/C22H23N5O3/c28-20(18-9-14-3-1-2-4-16(14)23-18)26-7-5-17-15(10-26)19(25-24-17)21(29)27-8-6-22(11-27)12-30-13-22/h1-4,9,23H,5-8,10-13H2,(H,24,25). The summed E-state index contributed by atoms with van der Waals surface area (Å²) in [5.74, 6) is -0.0978. The van der Waals surface area contributed by atoms with E-state index >= 15 is 0 Å². The first-order chi connectivity index (χ1) is 14.6. The number of carbonyl (C=O) groups is 2. The third-order valence-electron chi connectivity index (χ3n) is 6.73. The van der Waals surface area contributed by atoms with Crippen LogP contribution in [-0.2, 0) is 17.7 Å². The lowest BCUT2D eigenvalue weighted by Gasteiger charge is -2.37. The Kier molecular flexibility index (Phi) is 3.80. The van der Waals surface area contributed by atoms with Crippen LogP contribution in [0.3, 0.4) is 0 Å². The zero-order valence-electron chi connectivity index (χ0n) is 16.6. The van der Waals surface area contributed by atoms with Gasteiger partial charge in [-0.2, -0.15) is 5.10 Å². The average molecular weight is 405 g/mol. The minimum atomic E-state index is -0.0526. The van der Waals surface area contributed by atoms with Crippen LogP contribution < -0.4 is 0 Å². The highest BCUT2D eigenvalue weighted by molar-refractivity contribution is 5.98. The van der Waals surface area contributed by atoms with Crippen molar-refractivity contribution < 1.29 is 14.3 Å². The number of fused-ring (bicyclic) bond motifs is 2. The first-order valence-corrected chi connectivity index (χ1v) is 10.4. The summed E-state index contributed by atoms with van der Waals surface area (Å²) in [5, 5.41) is 8.39. The second-order valence-electron chi connectivity index (χ2n) is 8.75. The van der Waals surface area contributed by atoms with E-state index in [2.05, 4.69) is 15.2 Å². The number of carbonyl (C=O) groups excluding carboxylic acids is 2. The summed E-state index contributed by atoms with van der Waals surface area (Å²) in [6, 6.07) is 9.74. The quantitative estimate of drug-likeness (QED) is 0.681. The fraction of sp³-hybridized carbons (Fsp3) is 0.409. The van der Waals surface area contributed by atoms with Crippen molar-refractivity contribution in [2.24, 2.45) is 5.41 Å². The molecule has 0 aliphatic carbocycles. The number of aromatic amines is 2. The van der Waals surface area contributed by atoms with Gasteiger partial charge in [-0.3, -0.25) is 14.7 Å². The second kappa shape index (κ2) is 6.43. The van der Waals surface area contributed by atoms with Gasteiger partial charge in [-0.05, 0) is 18.6 Å². The molecule has 0 unspecified atom stereocenters. The highest BCUT2D eigenvalue weighted by atomic mass is 16.5. The number of benzene rings is 1. The molecule has 2 amide bonds. The predicted molar refractivity (Wildman–Crippen MR) is 109 cm³/mol. The number of likely N-dealkylation sites (tertiary alicyclic amines) is 1. The Bertz CT molecular complexity index is 1130. The average Bonchev–Trinajstić information content (AvgIpc) is 3.47. The molecule has 1 spiro atoms. The number of ether oxygens (including phenoxy) is 1. The molecule has 0 bridgehead atoms. The summed E-state index contributed by atoms with van der Waals surface area (Å²) in [4.78, 5) is 33.2. The SMILES string of the molecule is O=C(c1cc2ccccc2[nH]1)N1CCc2[nH]nc(C(=O)N3CCC4(COC4)C3)c2C1. The molecule has 3 aromatic rings. The summed E-state index contributed by atoms with van der Waals surface area (Å²) < 4.78 is 5.37. The summed E-state index contributed by atoms with van der Waals surface area (Å²) in [5.41, 5.74) is 3.92. The Morgan fingerprint density at radius 1 is 1.10 bits per heavy atom. The van der Waals surface area contributed by atoms with E-state index in [0.29, 0.717) is 30.9 Å². The molecule has 8 heteroatoms. The molecule has 3 aliphatic heterocycles. The van der Waals surface area contributed by atoms with Crippen LogP contribution in [0, 0.1) is 5.41 Å². The Balaban J connectivity index is 1.23. The van der Waals surface area contributed by atoms with E-state index in [1.165, 1.54) is 0 Å². The number of amides is 2. The highest BCUT2D eigenvalue weighted by Gasteiger charge is 2.46. The van der Waals surface area contributed by atoms with Gasteiger partial charge < -0.3 is 19.5 Å². The predicted octanol–water partition coefficient (Wildman–Crippen LogP) is 1.95. The van der Waals surface area contributed by atoms with Crippen molar-refractivity contribution in [3.63, 3.8) is 0 Å². The molecule has 30 heavy (non-hydrogen) atoms. The lowest BCUT2D eigenvalue weighted by atomic mass is 9.85. The number of H-pyrrole nitrogens is 2. The number of para-hydroxylation sites is 1. The molecule has 3 aliphatic rings. The Hall–Kier alpha value is -3.13. The van der Waals surface area contributed by atoms with Gasteiger partial charge in [-0.15, -0.1) is 0 Å². The summed E-state index contributed by atoms with van der Waals surface area (Å²) in [6.45, 7) is 3.93. The molecule has 1 aromatic carbocycles. The van der Waals surface area contributed by atoms with Crippen LogP contribution in [0.25, 0.3) is 10.9 Å². The van der Waals surface area contributed by atoms with Gasteiger partial charge in [-0.25, -0.2) is 0 Å². The van der Waals surface area contributed by atoms with Crippen molar-refractivity contribution in [1.82, 2.24) is 25.0 Å². The molecule has 0 radical (unpaired) electrons. The molecule has 0 saturated carbocycles. The molecule has 6 rings (SSSR count). The smallest absolute Gasteiger partial charge is 0.274 e. The summed E-state index contributed by atoms with van der Waals surface area (Å²) in [7, 11) is 0. The Morgan fingerprint density at radius 2 is 1.97 bits per heavy atom. The van der Waals surface area contributed by atoms with Gasteiger partial charge in [0, 0.05) is 53.6 Å². The van der Waals surface area contributed by atoms with Crippen LogP contribution >= 0.6 is 0 Å². The van der Waals surface area contributed by atoms with E-state index in [0.717, 1.165) is 54.9 Å². The normalized spacial score (nSPS) is 19.9. The minimum Gasteiger partial charge on any atom is -0.380 e. The maximum absolute atomic E-state index is 13.2. The van der Waals surface area contributed by atoms with Crippen molar-refractivity contribution in [3.05, 3.63) is 53.0 Å². The lowest BCUT2D eigenvalue weighted by Crippen LogP contribution is -2.45. The highest BCUT2D eigenvalue weighted by Crippen LogP contribution is 2.38. The summed E-state index contributed by atoms with van der Waals surface area (Å²) >= 11 is 0. The maximum atomic E-state index is 13.2. The van der Waals surface area contributed by atoms with Crippen LogP contribution in [0.15, 0.2) is 30.3 Å². The van der Waals surface area contributed by atoms with Gasteiger partial charge in [0.25, 0.3) is 11.8 Å². The third-order valence-corrected chi connectivity index (χ3v) is 6.73. The minimum absolute atomic E-state index is 0.0452. The van der Waals surface area contributed by atoms with Gasteiger partial charge in [0.2, 0.25) is 0 Å². The van der Waals surface area contributed by atoms with E-state index in [1.54, 1.807) is 4.90 Å². The first-order valence-electron chi connectivity index (χ1n) is 10.4. The number of aromatic nitrogens is 3. The molecule has 154 valence electrons. The number of hydrogen-bond donors (Lipinski definition) is 2. The molecule has 2 saturated heterocycles. The number of rotatable bonds is 2. The van der Waals surface area contributed by atoms with Crippen molar-refractivity contribution >= 4 is 22.7 Å². The van der Waals surface area contributed by atoms with Crippen molar-refractivity contribution in [2.75, 3.05) is 32.8 Å². The number of nitrogens with one attached hydrogen (secondary N) is 2. The third kappa shape index (κ3) is 2.67. The van der Waals surface area contributed by atoms with Gasteiger partial charge in [0.05, 0.1) is 19.8 Å². The van der Waals surface area contributed by atoms with Crippen molar-refractivity contribution in [3.8, 4) is 0 Å². The van der Waals surface area contributed by atoms with E-state index in [1.807, 2.05) is 35.2 Å². The number of hydrogen-bond acceptors (Lipinski definition) is 4. The largest absolute Gasteiger partial charge is 0.380 e. The van der Waals surface area contributed by atoms with Crippen LogP contribution in [-0.4, -0.2) is 69.6 Å². The van der Waals surface area contributed by atoms with Crippen molar-refractivity contribution in [2.45, 2.75) is 19.4 Å². The fourth-order valence-electron chi connectivity index (χ4n) is 4.89. The zero-order valence-corrected chi connectivity index (χ0v) is 16.6.